The number of nitrogens with one attached hydrogen (secondary N) is 1. The summed E-state index contributed by atoms with van der Waals surface area (Å²) < 4.78 is 13.6. The lowest BCUT2D eigenvalue weighted by molar-refractivity contribution is -0.139. The van der Waals surface area contributed by atoms with Gasteiger partial charge in [-0.3, -0.25) is 9.89 Å². The van der Waals surface area contributed by atoms with Crippen LogP contribution in [0.2, 0.25) is 5.02 Å². The van der Waals surface area contributed by atoms with Crippen molar-refractivity contribution in [2.24, 2.45) is 0 Å². The number of aromatic nitrogens is 4. The lowest BCUT2D eigenvalue weighted by Gasteiger charge is -2.32. The van der Waals surface area contributed by atoms with E-state index in [1.54, 1.807) is 12.3 Å². The molecule has 1 fully saturated rings. The predicted molar refractivity (Wildman–Crippen MR) is 116 cm³/mol. The molecule has 1 aliphatic heterocycles. The van der Waals surface area contributed by atoms with Crippen molar-refractivity contribution in [3.63, 3.8) is 0 Å². The fourth-order valence-electron chi connectivity index (χ4n) is 3.58. The standard InChI is InChI=1S/C22H26ClN5O3/c1-16-24-7-9-27(16)8-5-22(29)28-10-12-31-21(15-28)20-14-18(25-26-20)6-11-30-19-4-2-3-17(23)13-19/h2-4,7,9,13-14,21H,5-6,8,10-12,15H2,1H3,(H,25,26)/t21-/m1/s1. The van der Waals surface area contributed by atoms with Gasteiger partial charge >= 0.3 is 0 Å². The third-order valence-corrected chi connectivity index (χ3v) is 5.56. The van der Waals surface area contributed by atoms with E-state index in [0.717, 1.165) is 23.0 Å². The molecular weight excluding hydrogens is 418 g/mol. The summed E-state index contributed by atoms with van der Waals surface area (Å²) in [6.45, 7) is 4.68. The van der Waals surface area contributed by atoms with Gasteiger partial charge in [0.25, 0.3) is 0 Å². The van der Waals surface area contributed by atoms with Gasteiger partial charge in [0, 0.05) is 49.0 Å². The Bertz CT molecular complexity index is 1020. The molecule has 164 valence electrons. The van der Waals surface area contributed by atoms with Gasteiger partial charge in [-0.15, -0.1) is 0 Å². The summed E-state index contributed by atoms with van der Waals surface area (Å²) in [5.41, 5.74) is 1.76. The van der Waals surface area contributed by atoms with Gasteiger partial charge in [0.2, 0.25) is 5.91 Å². The van der Waals surface area contributed by atoms with Gasteiger partial charge in [-0.25, -0.2) is 4.98 Å². The van der Waals surface area contributed by atoms with Gasteiger partial charge in [-0.2, -0.15) is 5.10 Å². The van der Waals surface area contributed by atoms with E-state index in [-0.39, 0.29) is 12.0 Å². The van der Waals surface area contributed by atoms with Crippen LogP contribution in [0.4, 0.5) is 0 Å². The van der Waals surface area contributed by atoms with Gasteiger partial charge in [0.05, 0.1) is 25.5 Å². The molecule has 0 saturated carbocycles. The van der Waals surface area contributed by atoms with E-state index in [1.807, 2.05) is 46.9 Å². The monoisotopic (exact) mass is 443 g/mol. The number of amides is 1. The SMILES string of the molecule is Cc1nccn1CCC(=O)N1CCO[C@@H](c2cc(CCOc3cccc(Cl)c3)[nH]n2)C1. The number of halogens is 1. The average molecular weight is 444 g/mol. The van der Waals surface area contributed by atoms with Gasteiger partial charge in [-0.1, -0.05) is 17.7 Å². The Labute approximate surface area is 186 Å². The topological polar surface area (TPSA) is 85.3 Å². The highest BCUT2D eigenvalue weighted by molar-refractivity contribution is 6.30. The van der Waals surface area contributed by atoms with Crippen LogP contribution in [0.15, 0.2) is 42.7 Å². The number of nitrogens with zero attached hydrogens (tertiary/aromatic N) is 4. The lowest BCUT2D eigenvalue weighted by Crippen LogP contribution is -2.42. The second-order valence-electron chi connectivity index (χ2n) is 7.49. The highest BCUT2D eigenvalue weighted by Gasteiger charge is 2.27. The molecule has 0 bridgehead atoms. The van der Waals surface area contributed by atoms with Gasteiger partial charge < -0.3 is 18.9 Å². The predicted octanol–water partition coefficient (Wildman–Crippen LogP) is 3.18. The van der Waals surface area contributed by atoms with Crippen LogP contribution in [-0.4, -0.2) is 56.9 Å². The molecule has 2 aromatic heterocycles. The van der Waals surface area contributed by atoms with Crippen LogP contribution in [0.25, 0.3) is 0 Å². The van der Waals surface area contributed by atoms with Gasteiger partial charge in [0.15, 0.2) is 0 Å². The molecule has 1 saturated heterocycles. The highest BCUT2D eigenvalue weighted by atomic mass is 35.5. The molecule has 3 aromatic rings. The number of carbonyl (C=O) groups excluding carboxylic acids is 1. The second-order valence-corrected chi connectivity index (χ2v) is 7.93. The van der Waals surface area contributed by atoms with Crippen LogP contribution >= 0.6 is 11.6 Å². The zero-order valence-corrected chi connectivity index (χ0v) is 18.2. The van der Waals surface area contributed by atoms with Crippen LogP contribution in [0.1, 0.15) is 29.7 Å². The Morgan fingerprint density at radius 1 is 1.39 bits per heavy atom. The highest BCUT2D eigenvalue weighted by Crippen LogP contribution is 2.22. The van der Waals surface area contributed by atoms with Gasteiger partial charge in [0.1, 0.15) is 17.7 Å². The minimum Gasteiger partial charge on any atom is -0.493 e. The largest absolute Gasteiger partial charge is 0.493 e. The number of H-pyrrole nitrogens is 1. The minimum atomic E-state index is -0.230. The Morgan fingerprint density at radius 2 is 2.29 bits per heavy atom. The Balaban J connectivity index is 1.27. The third kappa shape index (κ3) is 5.65. The summed E-state index contributed by atoms with van der Waals surface area (Å²) in [7, 11) is 0. The molecule has 1 amide bonds. The summed E-state index contributed by atoms with van der Waals surface area (Å²) in [4.78, 5) is 18.7. The van der Waals surface area contributed by atoms with Gasteiger partial charge in [-0.05, 0) is 31.2 Å². The summed E-state index contributed by atoms with van der Waals surface area (Å²) >= 11 is 5.97. The Hall–Kier alpha value is -2.84. The smallest absolute Gasteiger partial charge is 0.224 e. The quantitative estimate of drug-likeness (QED) is 0.578. The first-order valence-electron chi connectivity index (χ1n) is 10.4. The summed E-state index contributed by atoms with van der Waals surface area (Å²) in [6, 6.07) is 9.31. The van der Waals surface area contributed by atoms with Crippen molar-refractivity contribution in [1.82, 2.24) is 24.6 Å². The van der Waals surface area contributed by atoms with Crippen molar-refractivity contribution < 1.29 is 14.3 Å². The number of hydrogen-bond acceptors (Lipinski definition) is 5. The van der Waals surface area contributed by atoms with Crippen molar-refractivity contribution in [2.45, 2.75) is 32.4 Å². The van der Waals surface area contributed by atoms with E-state index in [2.05, 4.69) is 15.2 Å². The van der Waals surface area contributed by atoms with Crippen LogP contribution in [-0.2, 0) is 22.5 Å². The first-order valence-corrected chi connectivity index (χ1v) is 10.8. The number of rotatable bonds is 8. The fourth-order valence-corrected chi connectivity index (χ4v) is 3.76. The minimum absolute atomic E-state index is 0.118. The molecule has 9 heteroatoms. The number of benzene rings is 1. The summed E-state index contributed by atoms with van der Waals surface area (Å²) in [6.07, 6.45) is 4.54. The fraction of sp³-hybridized carbons (Fsp3) is 0.409. The zero-order valence-electron chi connectivity index (χ0n) is 17.5. The van der Waals surface area contributed by atoms with E-state index in [1.165, 1.54) is 0 Å². The van der Waals surface area contributed by atoms with E-state index >= 15 is 0 Å². The zero-order chi connectivity index (χ0) is 21.6. The van der Waals surface area contributed by atoms with Crippen LogP contribution in [0.3, 0.4) is 0 Å². The van der Waals surface area contributed by atoms with Crippen molar-refractivity contribution >= 4 is 17.5 Å². The molecule has 0 spiro atoms. The molecule has 8 nitrogen and oxygen atoms in total. The first-order chi connectivity index (χ1) is 15.1. The van der Waals surface area contributed by atoms with Crippen LogP contribution < -0.4 is 4.74 Å². The number of ether oxygens (including phenoxy) is 2. The van der Waals surface area contributed by atoms with E-state index in [0.29, 0.717) is 50.7 Å². The molecule has 4 rings (SSSR count). The summed E-state index contributed by atoms with van der Waals surface area (Å²) in [5, 5.41) is 8.09. The Kier molecular flexibility index (Phi) is 6.89. The molecule has 1 aliphatic rings. The Morgan fingerprint density at radius 3 is 3.10 bits per heavy atom. The number of morpholine rings is 1. The molecule has 3 heterocycles. The maximum atomic E-state index is 12.7. The van der Waals surface area contributed by atoms with Crippen LogP contribution in [0.5, 0.6) is 5.75 Å². The summed E-state index contributed by atoms with van der Waals surface area (Å²) in [5.74, 6) is 1.77. The normalized spacial score (nSPS) is 16.5. The molecule has 1 aromatic carbocycles. The maximum absolute atomic E-state index is 12.7. The molecule has 0 aliphatic carbocycles. The maximum Gasteiger partial charge on any atom is 0.224 e. The van der Waals surface area contributed by atoms with E-state index < -0.39 is 0 Å². The van der Waals surface area contributed by atoms with Crippen LogP contribution in [0, 0.1) is 6.92 Å². The molecule has 1 N–H and O–H groups in total. The van der Waals surface area contributed by atoms with E-state index in [9.17, 15) is 4.79 Å². The van der Waals surface area contributed by atoms with E-state index in [4.69, 9.17) is 21.1 Å². The van der Waals surface area contributed by atoms with Crippen molar-refractivity contribution in [3.8, 4) is 5.75 Å². The van der Waals surface area contributed by atoms with Crippen molar-refractivity contribution in [3.05, 3.63) is 65.0 Å². The molecular formula is C22H26ClN5O3. The second kappa shape index (κ2) is 9.98. The number of aryl methyl sites for hydroxylation is 2. The van der Waals surface area contributed by atoms with Crippen molar-refractivity contribution in [2.75, 3.05) is 26.3 Å². The third-order valence-electron chi connectivity index (χ3n) is 5.33. The number of hydrogen-bond donors (Lipinski definition) is 1. The molecule has 31 heavy (non-hydrogen) atoms. The first kappa shape index (κ1) is 21.4. The number of aromatic amines is 1. The molecule has 0 radical (unpaired) electrons. The lowest BCUT2D eigenvalue weighted by atomic mass is 10.1. The molecule has 0 unspecified atom stereocenters. The average Bonchev–Trinajstić information content (AvgIpc) is 3.41. The van der Waals surface area contributed by atoms with Crippen molar-refractivity contribution in [1.29, 1.82) is 0 Å². The number of carbonyl (C=O) groups is 1. The molecule has 1 atom stereocenters. The number of imidazole rings is 1.